The fourth-order valence-corrected chi connectivity index (χ4v) is 4.81. The predicted octanol–water partition coefficient (Wildman–Crippen LogP) is 1.97. The number of ether oxygens (including phenoxy) is 1. The van der Waals surface area contributed by atoms with Crippen LogP contribution in [0.3, 0.4) is 0 Å². The van der Waals surface area contributed by atoms with Gasteiger partial charge < -0.3 is 20.8 Å². The Labute approximate surface area is 168 Å². The van der Waals surface area contributed by atoms with Crippen molar-refractivity contribution in [3.63, 3.8) is 0 Å². The van der Waals surface area contributed by atoms with Gasteiger partial charge in [0.1, 0.15) is 5.00 Å². The van der Waals surface area contributed by atoms with Crippen LogP contribution < -0.4 is 16.6 Å². The van der Waals surface area contributed by atoms with Gasteiger partial charge in [0.15, 0.2) is 6.61 Å². The van der Waals surface area contributed by atoms with E-state index in [4.69, 9.17) is 10.5 Å². The zero-order valence-corrected chi connectivity index (χ0v) is 16.1. The number of aromatic amines is 1. The maximum Gasteiger partial charge on any atom is 0.339 e. The number of carbonyl (C=O) groups is 3. The van der Waals surface area contributed by atoms with Crippen molar-refractivity contribution in [1.82, 2.24) is 4.98 Å². The summed E-state index contributed by atoms with van der Waals surface area (Å²) in [5.74, 6) is -1.96. The highest BCUT2D eigenvalue weighted by atomic mass is 32.1. The summed E-state index contributed by atoms with van der Waals surface area (Å²) in [6, 6.07) is 7.94. The number of nitrogens with two attached hydrogens (primary N) is 1. The number of hydrogen-bond acceptors (Lipinski definition) is 6. The van der Waals surface area contributed by atoms with Crippen LogP contribution in [-0.2, 0) is 22.4 Å². The van der Waals surface area contributed by atoms with Crippen molar-refractivity contribution >= 4 is 45.0 Å². The minimum Gasteiger partial charge on any atom is -0.452 e. The lowest BCUT2D eigenvalue weighted by molar-refractivity contribution is -0.119. The summed E-state index contributed by atoms with van der Waals surface area (Å²) in [4.78, 5) is 51.9. The van der Waals surface area contributed by atoms with E-state index in [0.717, 1.165) is 35.8 Å². The standard InChI is InChI=1S/C20H17N3O5S/c21-18(26)17-11-5-3-7-14(11)29-19(17)23-16(25)9-28-20(27)12-8-15(24)22-13-6-2-1-4-10(12)13/h1-2,4,6,8H,3,5,7,9H2,(H2,21,26)(H,22,24)(H,23,25). The van der Waals surface area contributed by atoms with Crippen LogP contribution in [0.5, 0.6) is 0 Å². The van der Waals surface area contributed by atoms with Gasteiger partial charge in [-0.1, -0.05) is 18.2 Å². The first-order chi connectivity index (χ1) is 13.9. The van der Waals surface area contributed by atoms with Crippen molar-refractivity contribution in [3.05, 3.63) is 62.3 Å². The van der Waals surface area contributed by atoms with E-state index in [2.05, 4.69) is 10.3 Å². The van der Waals surface area contributed by atoms with E-state index in [1.807, 2.05) is 0 Å². The number of nitrogens with one attached hydrogen (secondary N) is 2. The highest BCUT2D eigenvalue weighted by Crippen LogP contribution is 2.38. The first-order valence-corrected chi connectivity index (χ1v) is 9.79. The predicted molar refractivity (Wildman–Crippen MR) is 108 cm³/mol. The topological polar surface area (TPSA) is 131 Å². The fraction of sp³-hybridized carbons (Fsp3) is 0.200. The second kappa shape index (κ2) is 7.51. The molecule has 0 saturated carbocycles. The van der Waals surface area contributed by atoms with E-state index in [1.165, 1.54) is 11.3 Å². The SMILES string of the molecule is NC(=O)c1c(NC(=O)COC(=O)c2cc(=O)[nH]c3ccccc23)sc2c1CCC2. The number of benzene rings is 1. The van der Waals surface area contributed by atoms with E-state index in [9.17, 15) is 19.2 Å². The summed E-state index contributed by atoms with van der Waals surface area (Å²) in [5.41, 5.74) is 6.83. The molecule has 0 fully saturated rings. The molecule has 0 radical (unpaired) electrons. The van der Waals surface area contributed by atoms with E-state index in [1.54, 1.807) is 24.3 Å². The lowest BCUT2D eigenvalue weighted by Crippen LogP contribution is -2.23. The number of para-hydroxylation sites is 1. The average molecular weight is 411 g/mol. The van der Waals surface area contributed by atoms with Crippen LogP contribution in [0.15, 0.2) is 35.1 Å². The molecule has 2 heterocycles. The van der Waals surface area contributed by atoms with Crippen molar-refractivity contribution in [2.24, 2.45) is 5.73 Å². The van der Waals surface area contributed by atoms with E-state index < -0.39 is 29.9 Å². The van der Waals surface area contributed by atoms with Gasteiger partial charge in [-0.3, -0.25) is 14.4 Å². The van der Waals surface area contributed by atoms with Gasteiger partial charge in [-0.05, 0) is 30.9 Å². The first kappa shape index (κ1) is 18.9. The molecular weight excluding hydrogens is 394 g/mol. The van der Waals surface area contributed by atoms with Crippen molar-refractivity contribution in [1.29, 1.82) is 0 Å². The molecule has 2 amide bonds. The van der Waals surface area contributed by atoms with E-state index in [0.29, 0.717) is 21.5 Å². The van der Waals surface area contributed by atoms with Crippen LogP contribution in [0.2, 0.25) is 0 Å². The highest BCUT2D eigenvalue weighted by molar-refractivity contribution is 7.17. The number of rotatable bonds is 5. The third kappa shape index (κ3) is 3.64. The van der Waals surface area contributed by atoms with Crippen molar-refractivity contribution in [2.45, 2.75) is 19.3 Å². The van der Waals surface area contributed by atoms with E-state index in [-0.39, 0.29) is 5.56 Å². The molecule has 9 heteroatoms. The Morgan fingerprint density at radius 2 is 2.00 bits per heavy atom. The van der Waals surface area contributed by atoms with Gasteiger partial charge in [-0.2, -0.15) is 0 Å². The summed E-state index contributed by atoms with van der Waals surface area (Å²) < 4.78 is 5.09. The number of amides is 2. The second-order valence-electron chi connectivity index (χ2n) is 6.64. The maximum absolute atomic E-state index is 12.4. The number of primary amides is 1. The van der Waals surface area contributed by atoms with Gasteiger partial charge in [0, 0.05) is 21.8 Å². The molecule has 1 aliphatic carbocycles. The Kier molecular flexibility index (Phi) is 4.89. The number of esters is 1. The third-order valence-electron chi connectivity index (χ3n) is 4.73. The van der Waals surface area contributed by atoms with Gasteiger partial charge in [0.25, 0.3) is 11.8 Å². The molecule has 29 heavy (non-hydrogen) atoms. The molecule has 0 saturated heterocycles. The van der Waals surface area contributed by atoms with Crippen LogP contribution in [0, 0.1) is 0 Å². The van der Waals surface area contributed by atoms with Gasteiger partial charge in [0.05, 0.1) is 11.1 Å². The molecule has 1 aromatic carbocycles. The molecule has 2 aromatic heterocycles. The molecule has 0 unspecified atom stereocenters. The first-order valence-electron chi connectivity index (χ1n) is 8.97. The molecule has 3 aromatic rings. The number of pyridine rings is 1. The molecule has 0 aliphatic heterocycles. The second-order valence-corrected chi connectivity index (χ2v) is 7.75. The molecule has 4 N–H and O–H groups in total. The number of carbonyl (C=O) groups excluding carboxylic acids is 3. The highest BCUT2D eigenvalue weighted by Gasteiger charge is 2.26. The zero-order chi connectivity index (χ0) is 20.5. The molecule has 4 rings (SSSR count). The monoisotopic (exact) mass is 411 g/mol. The number of thiophene rings is 1. The number of aromatic nitrogens is 1. The van der Waals surface area contributed by atoms with Gasteiger partial charge in [0.2, 0.25) is 5.56 Å². The number of aryl methyl sites for hydroxylation is 1. The normalized spacial score (nSPS) is 12.6. The summed E-state index contributed by atoms with van der Waals surface area (Å²) >= 11 is 1.32. The molecule has 1 aliphatic rings. The lowest BCUT2D eigenvalue weighted by atomic mass is 10.1. The molecule has 8 nitrogen and oxygen atoms in total. The van der Waals surface area contributed by atoms with Crippen molar-refractivity contribution in [2.75, 3.05) is 11.9 Å². The Morgan fingerprint density at radius 3 is 2.79 bits per heavy atom. The number of anilines is 1. The summed E-state index contributed by atoms with van der Waals surface area (Å²) in [6.45, 7) is -0.555. The smallest absolute Gasteiger partial charge is 0.339 e. The Hall–Kier alpha value is -3.46. The lowest BCUT2D eigenvalue weighted by Gasteiger charge is -2.08. The average Bonchev–Trinajstić information content (AvgIpc) is 3.25. The molecule has 148 valence electrons. The van der Waals surface area contributed by atoms with Gasteiger partial charge in [-0.15, -0.1) is 11.3 Å². The Morgan fingerprint density at radius 1 is 1.21 bits per heavy atom. The van der Waals surface area contributed by atoms with Crippen molar-refractivity contribution in [3.8, 4) is 0 Å². The maximum atomic E-state index is 12.4. The van der Waals surface area contributed by atoms with Gasteiger partial charge in [-0.25, -0.2) is 4.79 Å². The van der Waals surface area contributed by atoms with Crippen LogP contribution in [0.4, 0.5) is 5.00 Å². The fourth-order valence-electron chi connectivity index (χ4n) is 3.50. The van der Waals surface area contributed by atoms with Crippen LogP contribution in [0.25, 0.3) is 10.9 Å². The van der Waals surface area contributed by atoms with Crippen LogP contribution in [0.1, 0.15) is 37.6 Å². The minimum atomic E-state index is -0.786. The minimum absolute atomic E-state index is 0.0741. The molecule has 0 atom stereocenters. The molecule has 0 spiro atoms. The summed E-state index contributed by atoms with van der Waals surface area (Å²) in [5, 5.41) is 3.51. The van der Waals surface area contributed by atoms with E-state index >= 15 is 0 Å². The van der Waals surface area contributed by atoms with Crippen molar-refractivity contribution < 1.29 is 19.1 Å². The number of fused-ring (bicyclic) bond motifs is 2. The zero-order valence-electron chi connectivity index (χ0n) is 15.2. The van der Waals surface area contributed by atoms with Crippen LogP contribution in [-0.4, -0.2) is 29.4 Å². The summed E-state index contributed by atoms with van der Waals surface area (Å²) in [6.07, 6.45) is 2.56. The van der Waals surface area contributed by atoms with Crippen LogP contribution >= 0.6 is 11.3 Å². The number of hydrogen-bond donors (Lipinski definition) is 3. The number of H-pyrrole nitrogens is 1. The Balaban J connectivity index is 1.48. The summed E-state index contributed by atoms with van der Waals surface area (Å²) in [7, 11) is 0. The van der Waals surface area contributed by atoms with Gasteiger partial charge >= 0.3 is 5.97 Å². The molecule has 0 bridgehead atoms. The molecular formula is C20H17N3O5S. The quantitative estimate of drug-likeness (QED) is 0.553. The Bertz CT molecular complexity index is 1210. The largest absolute Gasteiger partial charge is 0.452 e. The third-order valence-corrected chi connectivity index (χ3v) is 5.93.